The summed E-state index contributed by atoms with van der Waals surface area (Å²) in [5, 5.41) is 6.85. The molecule has 0 atom stereocenters. The number of aromatic nitrogens is 2. The second kappa shape index (κ2) is 8.65. The number of thiophene rings is 1. The molecule has 0 saturated carbocycles. The molecule has 0 unspecified atom stereocenters. The van der Waals surface area contributed by atoms with Crippen LogP contribution < -0.4 is 11.1 Å². The van der Waals surface area contributed by atoms with Gasteiger partial charge in [-0.3, -0.25) is 4.79 Å². The van der Waals surface area contributed by atoms with Gasteiger partial charge in [0, 0.05) is 17.0 Å². The zero-order valence-corrected chi connectivity index (χ0v) is 16.4. The second-order valence-corrected chi connectivity index (χ2v) is 7.50. The Morgan fingerprint density at radius 3 is 2.74 bits per heavy atom. The van der Waals surface area contributed by atoms with E-state index in [0.717, 1.165) is 28.8 Å². The van der Waals surface area contributed by atoms with Crippen LogP contribution in [0.15, 0.2) is 34.9 Å². The van der Waals surface area contributed by atoms with Gasteiger partial charge in [0.05, 0.1) is 11.4 Å². The Bertz CT molecular complexity index is 897. The van der Waals surface area contributed by atoms with Crippen molar-refractivity contribution in [3.63, 3.8) is 0 Å². The van der Waals surface area contributed by atoms with Gasteiger partial charge < -0.3 is 15.6 Å². The third kappa shape index (κ3) is 4.37. The van der Waals surface area contributed by atoms with Gasteiger partial charge in [-0.25, -0.2) is 0 Å². The van der Waals surface area contributed by atoms with Crippen LogP contribution in [0.4, 0.5) is 0 Å². The van der Waals surface area contributed by atoms with E-state index in [2.05, 4.69) is 15.5 Å². The molecule has 142 valence electrons. The number of halogens is 1. The smallest absolute Gasteiger partial charge is 0.261 e. The Morgan fingerprint density at radius 2 is 2.00 bits per heavy atom. The number of benzene rings is 1. The zero-order valence-electron chi connectivity index (χ0n) is 14.7. The molecule has 27 heavy (non-hydrogen) atoms. The lowest BCUT2D eigenvalue weighted by molar-refractivity contribution is 0.0950. The van der Waals surface area contributed by atoms with Crippen molar-refractivity contribution in [3.8, 4) is 11.4 Å². The fourth-order valence-electron chi connectivity index (χ4n) is 3.08. The van der Waals surface area contributed by atoms with Gasteiger partial charge in [0.15, 0.2) is 0 Å². The minimum absolute atomic E-state index is 0. The minimum atomic E-state index is -0.0866. The third-order valence-electron chi connectivity index (χ3n) is 4.54. The molecule has 0 radical (unpaired) electrons. The molecule has 0 spiro atoms. The second-order valence-electron chi connectivity index (χ2n) is 6.36. The van der Waals surface area contributed by atoms with Gasteiger partial charge in [0.25, 0.3) is 5.91 Å². The molecule has 0 bridgehead atoms. The van der Waals surface area contributed by atoms with E-state index >= 15 is 0 Å². The van der Waals surface area contributed by atoms with Crippen LogP contribution in [0, 0.1) is 0 Å². The topological polar surface area (TPSA) is 94.0 Å². The van der Waals surface area contributed by atoms with Crippen LogP contribution in [-0.4, -0.2) is 16.0 Å². The number of hydrogen-bond acceptors (Lipinski definition) is 6. The SMILES string of the molecule is Cl.NCc1ccc(-c2noc(CNC(=O)c3cc4c(s3)CCCC4)n2)cc1. The summed E-state index contributed by atoms with van der Waals surface area (Å²) in [6.07, 6.45) is 4.59. The molecule has 4 rings (SSSR count). The summed E-state index contributed by atoms with van der Waals surface area (Å²) in [5.74, 6) is 0.804. The fourth-order valence-corrected chi connectivity index (χ4v) is 4.25. The van der Waals surface area contributed by atoms with Gasteiger partial charge in [-0.2, -0.15) is 4.98 Å². The van der Waals surface area contributed by atoms with Gasteiger partial charge in [0.1, 0.15) is 0 Å². The van der Waals surface area contributed by atoms with Crippen LogP contribution in [0.3, 0.4) is 0 Å². The average Bonchev–Trinajstić information content (AvgIpc) is 3.33. The number of aryl methyl sites for hydroxylation is 2. The summed E-state index contributed by atoms with van der Waals surface area (Å²) < 4.78 is 5.25. The standard InChI is InChI=1S/C19H20N4O2S.ClH/c20-10-12-5-7-13(8-6-12)18-22-17(25-23-18)11-21-19(24)16-9-14-3-1-2-4-15(14)26-16;/h5-9H,1-4,10-11,20H2,(H,21,24);1H. The Labute approximate surface area is 167 Å². The molecule has 3 N–H and O–H groups in total. The number of carbonyl (C=O) groups is 1. The van der Waals surface area contributed by atoms with Crippen LogP contribution in [0.2, 0.25) is 0 Å². The highest BCUT2D eigenvalue weighted by Gasteiger charge is 2.18. The first-order chi connectivity index (χ1) is 12.7. The van der Waals surface area contributed by atoms with Crippen molar-refractivity contribution < 1.29 is 9.32 Å². The summed E-state index contributed by atoms with van der Waals surface area (Å²) in [6.45, 7) is 0.714. The lowest BCUT2D eigenvalue weighted by Crippen LogP contribution is -2.21. The van der Waals surface area contributed by atoms with Crippen LogP contribution in [-0.2, 0) is 25.9 Å². The van der Waals surface area contributed by atoms with Crippen molar-refractivity contribution >= 4 is 29.7 Å². The monoisotopic (exact) mass is 404 g/mol. The normalized spacial score (nSPS) is 12.9. The molecular formula is C19H21ClN4O2S. The van der Waals surface area contributed by atoms with Crippen molar-refractivity contribution in [1.29, 1.82) is 0 Å². The predicted octanol–water partition coefficient (Wildman–Crippen LogP) is 3.49. The van der Waals surface area contributed by atoms with E-state index < -0.39 is 0 Å². The largest absolute Gasteiger partial charge is 0.342 e. The first kappa shape index (κ1) is 19.5. The van der Waals surface area contributed by atoms with Crippen LogP contribution in [0.5, 0.6) is 0 Å². The van der Waals surface area contributed by atoms with E-state index in [0.29, 0.717) is 18.3 Å². The van der Waals surface area contributed by atoms with Gasteiger partial charge in [-0.05, 0) is 42.9 Å². The number of nitrogens with one attached hydrogen (secondary N) is 1. The van der Waals surface area contributed by atoms with Crippen LogP contribution in [0.1, 0.15) is 44.4 Å². The molecule has 1 amide bonds. The van der Waals surface area contributed by atoms with E-state index in [1.807, 2.05) is 30.3 Å². The van der Waals surface area contributed by atoms with E-state index in [4.69, 9.17) is 10.3 Å². The molecule has 0 fully saturated rings. The minimum Gasteiger partial charge on any atom is -0.342 e. The highest BCUT2D eigenvalue weighted by molar-refractivity contribution is 7.14. The molecule has 1 aliphatic carbocycles. The van der Waals surface area contributed by atoms with E-state index in [9.17, 15) is 4.79 Å². The number of hydrogen-bond donors (Lipinski definition) is 2. The Morgan fingerprint density at radius 1 is 1.22 bits per heavy atom. The molecule has 2 aromatic heterocycles. The highest BCUT2D eigenvalue weighted by atomic mass is 35.5. The van der Waals surface area contributed by atoms with Gasteiger partial charge in [0.2, 0.25) is 11.7 Å². The van der Waals surface area contributed by atoms with Crippen molar-refractivity contribution in [2.75, 3.05) is 0 Å². The molecule has 0 saturated heterocycles. The van der Waals surface area contributed by atoms with E-state index in [1.54, 1.807) is 11.3 Å². The molecule has 3 aromatic rings. The Kier molecular flexibility index (Phi) is 6.26. The Balaban J connectivity index is 0.00000210. The number of carbonyl (C=O) groups excluding carboxylic acids is 1. The lowest BCUT2D eigenvalue weighted by Gasteiger charge is -2.08. The fraction of sp³-hybridized carbons (Fsp3) is 0.316. The number of rotatable bonds is 5. The summed E-state index contributed by atoms with van der Waals surface area (Å²) in [5.41, 5.74) is 8.83. The lowest BCUT2D eigenvalue weighted by atomic mass is 9.99. The maximum atomic E-state index is 12.4. The predicted molar refractivity (Wildman–Crippen MR) is 107 cm³/mol. The number of fused-ring (bicyclic) bond motifs is 1. The van der Waals surface area contributed by atoms with Crippen molar-refractivity contribution in [2.45, 2.75) is 38.8 Å². The quantitative estimate of drug-likeness (QED) is 0.678. The van der Waals surface area contributed by atoms with Crippen LogP contribution in [0.25, 0.3) is 11.4 Å². The molecule has 6 nitrogen and oxygen atoms in total. The molecule has 2 heterocycles. The Hall–Kier alpha value is -2.22. The number of nitrogens with two attached hydrogens (primary N) is 1. The van der Waals surface area contributed by atoms with Gasteiger partial charge >= 0.3 is 0 Å². The molecular weight excluding hydrogens is 384 g/mol. The maximum Gasteiger partial charge on any atom is 0.261 e. The number of nitrogens with zero attached hydrogens (tertiary/aromatic N) is 2. The number of amides is 1. The molecule has 1 aliphatic rings. The van der Waals surface area contributed by atoms with Gasteiger partial charge in [-0.15, -0.1) is 23.7 Å². The van der Waals surface area contributed by atoms with Crippen molar-refractivity contribution in [3.05, 3.63) is 57.1 Å². The van der Waals surface area contributed by atoms with E-state index in [-0.39, 0.29) is 24.9 Å². The van der Waals surface area contributed by atoms with Crippen LogP contribution >= 0.6 is 23.7 Å². The molecule has 0 aliphatic heterocycles. The van der Waals surface area contributed by atoms with Crippen molar-refractivity contribution in [2.24, 2.45) is 5.73 Å². The first-order valence-electron chi connectivity index (χ1n) is 8.74. The van der Waals surface area contributed by atoms with Crippen molar-refractivity contribution in [1.82, 2.24) is 15.5 Å². The van der Waals surface area contributed by atoms with Gasteiger partial charge in [-0.1, -0.05) is 29.4 Å². The summed E-state index contributed by atoms with van der Waals surface area (Å²) in [6, 6.07) is 9.71. The maximum absolute atomic E-state index is 12.4. The summed E-state index contributed by atoms with van der Waals surface area (Å²) in [7, 11) is 0. The third-order valence-corrected chi connectivity index (χ3v) is 5.77. The molecule has 8 heteroatoms. The summed E-state index contributed by atoms with van der Waals surface area (Å²) in [4.78, 5) is 18.8. The highest BCUT2D eigenvalue weighted by Crippen LogP contribution is 2.29. The zero-order chi connectivity index (χ0) is 17.9. The average molecular weight is 405 g/mol. The van der Waals surface area contributed by atoms with E-state index in [1.165, 1.54) is 23.3 Å². The first-order valence-corrected chi connectivity index (χ1v) is 9.56. The summed E-state index contributed by atoms with van der Waals surface area (Å²) >= 11 is 1.60. The molecule has 1 aromatic carbocycles.